The van der Waals surface area contributed by atoms with Crippen molar-refractivity contribution in [3.8, 4) is 0 Å². The summed E-state index contributed by atoms with van der Waals surface area (Å²) in [6.45, 7) is 5.43. The summed E-state index contributed by atoms with van der Waals surface area (Å²) in [6.07, 6.45) is 4.45. The van der Waals surface area contributed by atoms with Crippen molar-refractivity contribution in [3.63, 3.8) is 0 Å². The fraction of sp³-hybridized carbons (Fsp3) is 0.481. The zero-order valence-electron chi connectivity index (χ0n) is 21.8. The number of likely N-dealkylation sites (tertiary alicyclic amines) is 1. The molecule has 5 rings (SSSR count). The van der Waals surface area contributed by atoms with Gasteiger partial charge in [0.2, 0.25) is 5.91 Å². The first-order valence-electron chi connectivity index (χ1n) is 12.7. The number of benzene rings is 1. The number of rotatable bonds is 5. The average Bonchev–Trinajstić information content (AvgIpc) is 3.26. The highest BCUT2D eigenvalue weighted by atomic mass is 35.5. The fourth-order valence-electron chi connectivity index (χ4n) is 5.46. The smallest absolute Gasteiger partial charge is 0.409 e. The topological polar surface area (TPSA) is 117 Å². The third-order valence-electron chi connectivity index (χ3n) is 7.36. The summed E-state index contributed by atoms with van der Waals surface area (Å²) in [5.41, 5.74) is 1.61. The van der Waals surface area contributed by atoms with E-state index in [1.807, 2.05) is 30.9 Å². The largest absolute Gasteiger partial charge is 0.453 e. The Balaban J connectivity index is 1.36. The van der Waals surface area contributed by atoms with Crippen molar-refractivity contribution in [1.82, 2.24) is 19.8 Å². The van der Waals surface area contributed by atoms with Crippen LogP contribution in [0.3, 0.4) is 0 Å². The summed E-state index contributed by atoms with van der Waals surface area (Å²) in [6, 6.07) is 4.78. The number of anilines is 1. The Labute approximate surface area is 225 Å². The van der Waals surface area contributed by atoms with Crippen LogP contribution < -0.4 is 5.32 Å². The van der Waals surface area contributed by atoms with E-state index in [4.69, 9.17) is 21.1 Å². The first kappa shape index (κ1) is 26.4. The van der Waals surface area contributed by atoms with Gasteiger partial charge < -0.3 is 24.7 Å². The number of hydrogen-bond donors (Lipinski definition) is 2. The van der Waals surface area contributed by atoms with E-state index in [0.717, 1.165) is 28.2 Å². The molecule has 2 saturated heterocycles. The highest BCUT2D eigenvalue weighted by molar-refractivity contribution is 6.33. The molecule has 2 aromatic heterocycles. The molecule has 2 amide bonds. The van der Waals surface area contributed by atoms with Crippen LogP contribution in [0.25, 0.3) is 21.8 Å². The van der Waals surface area contributed by atoms with E-state index in [1.165, 1.54) is 7.11 Å². The lowest BCUT2D eigenvalue weighted by Crippen LogP contribution is -2.59. The second-order valence-electron chi connectivity index (χ2n) is 10.6. The van der Waals surface area contributed by atoms with Crippen LogP contribution in [0.2, 0.25) is 5.02 Å². The van der Waals surface area contributed by atoms with Crippen LogP contribution in [0.15, 0.2) is 30.6 Å². The van der Waals surface area contributed by atoms with Crippen LogP contribution in [0, 0.1) is 5.92 Å². The molecule has 2 aliphatic rings. The Kier molecular flexibility index (Phi) is 7.30. The van der Waals surface area contributed by atoms with Crippen LogP contribution in [-0.2, 0) is 19.1 Å². The van der Waals surface area contributed by atoms with Crippen LogP contribution in [0.1, 0.15) is 26.7 Å². The highest BCUT2D eigenvalue weighted by Gasteiger charge is 2.40. The van der Waals surface area contributed by atoms with Gasteiger partial charge in [0, 0.05) is 47.5 Å². The molecule has 2 fully saturated rings. The third-order valence-corrected chi connectivity index (χ3v) is 7.58. The van der Waals surface area contributed by atoms with Gasteiger partial charge in [-0.25, -0.2) is 4.79 Å². The maximum Gasteiger partial charge on any atom is 0.409 e. The molecule has 0 saturated carbocycles. The van der Waals surface area contributed by atoms with E-state index in [2.05, 4.69) is 15.3 Å². The van der Waals surface area contributed by atoms with Gasteiger partial charge in [-0.1, -0.05) is 11.6 Å². The second kappa shape index (κ2) is 10.5. The standard InChI is InChI=1S/C27H32ClN5O5/c1-27(2)15-33(13-23(34)16-5-4-8-32(12-16)26(36)37-3)22(14-38-27)25(35)31-20-10-17(28)9-19-18-6-7-29-11-21(18)30-24(19)20/h6-7,9-11,16,22,30H,4-5,8,12-15H2,1-3H3,(H,31,35)/t16?,22-/m0/s1. The molecule has 0 aliphatic carbocycles. The van der Waals surface area contributed by atoms with Gasteiger partial charge in [-0.15, -0.1) is 0 Å². The van der Waals surface area contributed by atoms with Gasteiger partial charge in [0.05, 0.1) is 48.8 Å². The number of aromatic nitrogens is 2. The first-order valence-corrected chi connectivity index (χ1v) is 13.1. The third kappa shape index (κ3) is 5.34. The lowest BCUT2D eigenvalue weighted by atomic mass is 9.92. The number of piperidine rings is 1. The van der Waals surface area contributed by atoms with Crippen molar-refractivity contribution in [1.29, 1.82) is 0 Å². The number of carbonyl (C=O) groups is 3. The summed E-state index contributed by atoms with van der Waals surface area (Å²) in [5.74, 6) is -0.583. The Morgan fingerprint density at radius 3 is 2.89 bits per heavy atom. The number of methoxy groups -OCH3 is 1. The van der Waals surface area contributed by atoms with Gasteiger partial charge in [0.25, 0.3) is 0 Å². The number of Topliss-reactive ketones (excluding diaryl/α,β-unsaturated/α-hetero) is 1. The van der Waals surface area contributed by atoms with Gasteiger partial charge in [-0.2, -0.15) is 0 Å². The number of H-pyrrole nitrogens is 1. The Hall–Kier alpha value is -3.21. The lowest BCUT2D eigenvalue weighted by molar-refractivity contribution is -0.147. The molecular formula is C27H32ClN5O5. The van der Waals surface area contributed by atoms with Crippen molar-refractivity contribution in [2.75, 3.05) is 45.2 Å². The number of ketones is 1. The molecule has 3 aromatic rings. The Bertz CT molecular complexity index is 1390. The van der Waals surface area contributed by atoms with Crippen molar-refractivity contribution in [2.24, 2.45) is 5.92 Å². The normalized spacial score (nSPS) is 21.9. The number of nitrogens with zero attached hydrogens (tertiary/aromatic N) is 3. The summed E-state index contributed by atoms with van der Waals surface area (Å²) in [5, 5.41) is 5.35. The number of aromatic amines is 1. The van der Waals surface area contributed by atoms with Gasteiger partial charge >= 0.3 is 6.09 Å². The van der Waals surface area contributed by atoms with E-state index >= 15 is 0 Å². The molecule has 1 unspecified atom stereocenters. The minimum absolute atomic E-state index is 0.00219. The number of ether oxygens (including phenoxy) is 2. The number of pyridine rings is 1. The van der Waals surface area contributed by atoms with Crippen molar-refractivity contribution in [2.45, 2.75) is 38.3 Å². The number of carbonyl (C=O) groups excluding carboxylic acids is 3. The highest BCUT2D eigenvalue weighted by Crippen LogP contribution is 2.33. The molecule has 0 bridgehead atoms. The predicted molar refractivity (Wildman–Crippen MR) is 144 cm³/mol. The van der Waals surface area contributed by atoms with Crippen LogP contribution in [0.5, 0.6) is 0 Å². The maximum atomic E-state index is 13.6. The van der Waals surface area contributed by atoms with E-state index < -0.39 is 17.7 Å². The van der Waals surface area contributed by atoms with Gasteiger partial charge in [-0.3, -0.25) is 19.5 Å². The Morgan fingerprint density at radius 1 is 1.29 bits per heavy atom. The van der Waals surface area contributed by atoms with Crippen molar-refractivity contribution < 1.29 is 23.9 Å². The molecular weight excluding hydrogens is 510 g/mol. The molecule has 11 heteroatoms. The molecule has 10 nitrogen and oxygen atoms in total. The molecule has 202 valence electrons. The number of hydrogen-bond acceptors (Lipinski definition) is 7. The zero-order valence-corrected chi connectivity index (χ0v) is 22.5. The van der Waals surface area contributed by atoms with Gasteiger partial charge in [0.15, 0.2) is 5.78 Å². The number of halogens is 1. The molecule has 4 heterocycles. The summed E-state index contributed by atoms with van der Waals surface area (Å²) < 4.78 is 10.8. The minimum Gasteiger partial charge on any atom is -0.453 e. The van der Waals surface area contributed by atoms with E-state index in [1.54, 1.807) is 23.4 Å². The van der Waals surface area contributed by atoms with Crippen molar-refractivity contribution in [3.05, 3.63) is 35.6 Å². The van der Waals surface area contributed by atoms with E-state index in [9.17, 15) is 14.4 Å². The van der Waals surface area contributed by atoms with Crippen LogP contribution >= 0.6 is 11.6 Å². The number of fused-ring (bicyclic) bond motifs is 3. The maximum absolute atomic E-state index is 13.6. The molecule has 2 N–H and O–H groups in total. The molecule has 0 radical (unpaired) electrons. The predicted octanol–water partition coefficient (Wildman–Crippen LogP) is 3.83. The van der Waals surface area contributed by atoms with E-state index in [0.29, 0.717) is 36.8 Å². The molecule has 1 aromatic carbocycles. The molecule has 0 spiro atoms. The summed E-state index contributed by atoms with van der Waals surface area (Å²) in [7, 11) is 1.34. The zero-order chi connectivity index (χ0) is 27.0. The summed E-state index contributed by atoms with van der Waals surface area (Å²) in [4.78, 5) is 49.9. The number of morpholine rings is 1. The van der Waals surface area contributed by atoms with Crippen LogP contribution in [-0.4, -0.2) is 89.1 Å². The molecule has 2 aliphatic heterocycles. The van der Waals surface area contributed by atoms with Gasteiger partial charge in [0.1, 0.15) is 6.04 Å². The van der Waals surface area contributed by atoms with Crippen molar-refractivity contribution >= 4 is 56.9 Å². The Morgan fingerprint density at radius 2 is 2.11 bits per heavy atom. The van der Waals surface area contributed by atoms with Gasteiger partial charge in [-0.05, 0) is 44.9 Å². The molecule has 38 heavy (non-hydrogen) atoms. The quantitative estimate of drug-likeness (QED) is 0.504. The monoisotopic (exact) mass is 541 g/mol. The second-order valence-corrected chi connectivity index (χ2v) is 11.1. The SMILES string of the molecule is COC(=O)N1CCCC(C(=O)CN2CC(C)(C)OC[C@H]2C(=O)Nc2cc(Cl)cc3c2[nH]c2cnccc23)C1. The minimum atomic E-state index is -0.674. The average molecular weight is 542 g/mol. The number of amides is 2. The van der Waals surface area contributed by atoms with E-state index in [-0.39, 0.29) is 30.8 Å². The lowest BCUT2D eigenvalue weighted by Gasteiger charge is -2.43. The first-order chi connectivity index (χ1) is 18.1. The molecule has 2 atom stereocenters. The summed E-state index contributed by atoms with van der Waals surface area (Å²) >= 11 is 6.42. The number of nitrogens with one attached hydrogen (secondary N) is 2. The fourth-order valence-corrected chi connectivity index (χ4v) is 5.68. The van der Waals surface area contributed by atoms with Crippen LogP contribution in [0.4, 0.5) is 10.5 Å².